The number of aromatic hydroxyl groups is 1. The first-order valence-corrected chi connectivity index (χ1v) is 16.7. The molecule has 2 fully saturated rings. The van der Waals surface area contributed by atoms with Crippen LogP contribution < -0.4 is 21.0 Å². The number of allylic oxidation sites excluding steroid dienone is 3. The van der Waals surface area contributed by atoms with Crippen LogP contribution in [0, 0.1) is 11.8 Å². The van der Waals surface area contributed by atoms with Crippen molar-refractivity contribution in [1.29, 1.82) is 0 Å². The van der Waals surface area contributed by atoms with E-state index in [2.05, 4.69) is 0 Å². The molecule has 0 bridgehead atoms. The summed E-state index contributed by atoms with van der Waals surface area (Å²) in [6, 6.07) is 28.8. The number of anilines is 1. The highest BCUT2D eigenvalue weighted by atomic mass is 35.5. The first-order chi connectivity index (χ1) is 24.3. The maximum atomic E-state index is 15.4. The number of hydrogen-bond acceptors (Lipinski definition) is 6. The Hall–Kier alpha value is -5.87. The molecule has 3 aliphatic heterocycles. The lowest BCUT2D eigenvalue weighted by molar-refractivity contribution is -0.125. The van der Waals surface area contributed by atoms with Gasteiger partial charge in [0.25, 0.3) is 0 Å². The van der Waals surface area contributed by atoms with Crippen molar-refractivity contribution >= 4 is 29.1 Å². The van der Waals surface area contributed by atoms with E-state index in [0.29, 0.717) is 45.3 Å². The fraction of sp³-hybridized carbons (Fsp3) is 0.179. The van der Waals surface area contributed by atoms with Gasteiger partial charge in [0.15, 0.2) is 0 Å². The quantitative estimate of drug-likeness (QED) is 0.203. The van der Waals surface area contributed by atoms with Crippen molar-refractivity contribution in [2.24, 2.45) is 11.8 Å². The predicted octanol–water partition coefficient (Wildman–Crippen LogP) is 5.31. The normalized spacial score (nSPS) is 23.6. The van der Waals surface area contributed by atoms with Crippen LogP contribution in [0.3, 0.4) is 0 Å². The van der Waals surface area contributed by atoms with Crippen LogP contribution in [0.15, 0.2) is 136 Å². The SMILES string of the molecule is O=C1[C@@H]2C[C@@H]3C(=CCn4c(=O)n(-c5ccccc5)c(=O)n43)[C@H](C3=COc4ccc(O)cc4C3)[C@]2(c2ccccc2)C(=O)N1c1cccc(Cl)c1. The first-order valence-electron chi connectivity index (χ1n) is 16.4. The zero-order chi connectivity index (χ0) is 34.3. The van der Waals surface area contributed by atoms with E-state index in [-0.39, 0.29) is 18.7 Å². The average molecular weight is 685 g/mol. The Kier molecular flexibility index (Phi) is 6.69. The van der Waals surface area contributed by atoms with Gasteiger partial charge in [-0.25, -0.2) is 28.4 Å². The summed E-state index contributed by atoms with van der Waals surface area (Å²) < 4.78 is 10.2. The molecule has 1 saturated carbocycles. The molecule has 11 heteroatoms. The molecule has 5 aromatic rings. The van der Waals surface area contributed by atoms with E-state index >= 15 is 4.79 Å². The molecule has 4 atom stereocenters. The number of rotatable bonds is 4. The molecule has 4 aromatic carbocycles. The second-order valence-corrected chi connectivity index (χ2v) is 13.5. The number of halogens is 1. The maximum absolute atomic E-state index is 15.4. The van der Waals surface area contributed by atoms with Gasteiger partial charge in [-0.1, -0.05) is 72.3 Å². The van der Waals surface area contributed by atoms with E-state index in [4.69, 9.17) is 16.3 Å². The van der Waals surface area contributed by atoms with Crippen LogP contribution in [0.25, 0.3) is 5.69 Å². The van der Waals surface area contributed by atoms with Gasteiger partial charge in [0.2, 0.25) is 11.8 Å². The molecule has 0 unspecified atom stereocenters. The summed E-state index contributed by atoms with van der Waals surface area (Å²) in [4.78, 5) is 59.6. The van der Waals surface area contributed by atoms with Crippen molar-refractivity contribution in [2.75, 3.05) is 4.90 Å². The minimum Gasteiger partial charge on any atom is -0.508 e. The number of phenols is 1. The Morgan fingerprint density at radius 2 is 1.56 bits per heavy atom. The number of phenolic OH excluding ortho intramolecular Hbond substituents is 1. The van der Waals surface area contributed by atoms with Crippen molar-refractivity contribution in [3.63, 3.8) is 0 Å². The lowest BCUT2D eigenvalue weighted by Gasteiger charge is -2.50. The smallest absolute Gasteiger partial charge is 0.352 e. The van der Waals surface area contributed by atoms with Crippen LogP contribution in [0.2, 0.25) is 5.02 Å². The van der Waals surface area contributed by atoms with Crippen molar-refractivity contribution in [3.8, 4) is 17.2 Å². The number of hydrogen-bond donors (Lipinski definition) is 1. The Bertz CT molecular complexity index is 2430. The predicted molar refractivity (Wildman–Crippen MR) is 186 cm³/mol. The average Bonchev–Trinajstić information content (AvgIpc) is 3.52. The Morgan fingerprint density at radius 3 is 2.32 bits per heavy atom. The second kappa shape index (κ2) is 11.1. The van der Waals surface area contributed by atoms with Crippen LogP contribution >= 0.6 is 11.6 Å². The topological polar surface area (TPSA) is 116 Å². The fourth-order valence-corrected chi connectivity index (χ4v) is 8.80. The number of carbonyl (C=O) groups is 2. The van der Waals surface area contributed by atoms with Crippen molar-refractivity contribution in [3.05, 3.63) is 164 Å². The van der Waals surface area contributed by atoms with Gasteiger partial charge in [0, 0.05) is 22.9 Å². The summed E-state index contributed by atoms with van der Waals surface area (Å²) in [7, 11) is 0. The van der Waals surface area contributed by atoms with Crippen LogP contribution in [0.5, 0.6) is 11.5 Å². The number of fused-ring (bicyclic) bond motifs is 5. The van der Waals surface area contributed by atoms with Gasteiger partial charge < -0.3 is 9.84 Å². The van der Waals surface area contributed by atoms with Crippen LogP contribution in [0.1, 0.15) is 23.6 Å². The summed E-state index contributed by atoms with van der Waals surface area (Å²) in [5.74, 6) is -1.90. The first kappa shape index (κ1) is 30.2. The highest BCUT2D eigenvalue weighted by Gasteiger charge is 2.69. The zero-order valence-electron chi connectivity index (χ0n) is 26.5. The van der Waals surface area contributed by atoms with E-state index in [1.807, 2.05) is 42.5 Å². The summed E-state index contributed by atoms with van der Waals surface area (Å²) in [5.41, 5.74) is 1.12. The summed E-state index contributed by atoms with van der Waals surface area (Å²) in [6.45, 7) is 0.0808. The number of imide groups is 1. The molecule has 2 amide bonds. The molecule has 1 saturated heterocycles. The highest BCUT2D eigenvalue weighted by molar-refractivity contribution is 6.32. The number of amides is 2. The second-order valence-electron chi connectivity index (χ2n) is 13.1. The molecule has 50 heavy (non-hydrogen) atoms. The highest BCUT2D eigenvalue weighted by Crippen LogP contribution is 2.61. The maximum Gasteiger partial charge on any atom is 0.352 e. The molecular weight excluding hydrogens is 656 g/mol. The van der Waals surface area contributed by atoms with Crippen LogP contribution in [-0.4, -0.2) is 30.9 Å². The summed E-state index contributed by atoms with van der Waals surface area (Å²) >= 11 is 6.40. The number of nitrogens with zero attached hydrogens (tertiary/aromatic N) is 4. The number of carbonyl (C=O) groups excluding carboxylic acids is 2. The molecule has 10 nitrogen and oxygen atoms in total. The molecular formula is C39H29ClN4O6. The van der Waals surface area contributed by atoms with Gasteiger partial charge in [-0.2, -0.15) is 0 Å². The molecule has 1 aromatic heterocycles. The number of para-hydroxylation sites is 1. The Labute approximate surface area is 290 Å². The van der Waals surface area contributed by atoms with Crippen molar-refractivity contribution in [1.82, 2.24) is 13.9 Å². The largest absolute Gasteiger partial charge is 0.508 e. The molecule has 0 spiro atoms. The summed E-state index contributed by atoms with van der Waals surface area (Å²) in [6.07, 6.45) is 3.95. The molecule has 1 N–H and O–H groups in total. The van der Waals surface area contributed by atoms with Crippen LogP contribution in [0.4, 0.5) is 5.69 Å². The Balaban J connectivity index is 1.30. The molecule has 1 aliphatic carbocycles. The van der Waals surface area contributed by atoms with E-state index < -0.39 is 46.5 Å². The molecule has 9 rings (SSSR count). The van der Waals surface area contributed by atoms with Gasteiger partial charge in [-0.3, -0.25) is 9.59 Å². The van der Waals surface area contributed by atoms with Gasteiger partial charge in [-0.05, 0) is 71.7 Å². The number of aromatic nitrogens is 3. The van der Waals surface area contributed by atoms with Gasteiger partial charge >= 0.3 is 11.4 Å². The van der Waals surface area contributed by atoms with Gasteiger partial charge in [0.05, 0.1) is 41.6 Å². The van der Waals surface area contributed by atoms with E-state index in [1.54, 1.807) is 73.0 Å². The third kappa shape index (κ3) is 4.14. The van der Waals surface area contributed by atoms with Crippen molar-refractivity contribution in [2.45, 2.75) is 30.8 Å². The van der Waals surface area contributed by atoms with E-state index in [9.17, 15) is 19.5 Å². The molecule has 248 valence electrons. The van der Waals surface area contributed by atoms with Crippen molar-refractivity contribution < 1.29 is 19.4 Å². The lowest BCUT2D eigenvalue weighted by Crippen LogP contribution is -2.55. The number of benzene rings is 4. The third-order valence-electron chi connectivity index (χ3n) is 10.6. The lowest BCUT2D eigenvalue weighted by atomic mass is 9.52. The van der Waals surface area contributed by atoms with Gasteiger partial charge in [-0.15, -0.1) is 0 Å². The van der Waals surface area contributed by atoms with E-state index in [1.165, 1.54) is 14.3 Å². The monoisotopic (exact) mass is 684 g/mol. The standard InChI is InChI=1S/C39H29ClN4O6/c40-26-10-7-13-28(20-26)42-35(46)31-21-32-30(16-17-41-37(48)43(38(49)44(32)41)27-11-5-2-6-12-27)34(39(31,36(42)47)25-8-3-1-4-9-25)24-18-23-19-29(45)14-15-33(23)50-22-24/h1-16,19-20,22,31-32,34,45H,17-18,21H2/t31-,32+,34-,39+/m0/s1. The van der Waals surface area contributed by atoms with E-state index in [0.717, 1.165) is 10.1 Å². The summed E-state index contributed by atoms with van der Waals surface area (Å²) in [5, 5.41) is 10.8. The zero-order valence-corrected chi connectivity index (χ0v) is 27.2. The van der Waals surface area contributed by atoms with Crippen LogP contribution in [-0.2, 0) is 28.0 Å². The molecule has 4 heterocycles. The number of ether oxygens (including phenoxy) is 1. The fourth-order valence-electron chi connectivity index (χ4n) is 8.62. The third-order valence-corrected chi connectivity index (χ3v) is 10.8. The molecule has 0 radical (unpaired) electrons. The Morgan fingerprint density at radius 1 is 0.820 bits per heavy atom. The van der Waals surface area contributed by atoms with Gasteiger partial charge in [0.1, 0.15) is 11.5 Å². The minimum absolute atomic E-state index is 0.0692. The minimum atomic E-state index is -1.44. The molecule has 4 aliphatic rings.